The highest BCUT2D eigenvalue weighted by Gasteiger charge is 2.71. The molecule has 0 bridgehead atoms. The number of allylic oxidation sites excluding steroid dienone is 4. The highest BCUT2D eigenvalue weighted by molar-refractivity contribution is 5.88. The summed E-state index contributed by atoms with van der Waals surface area (Å²) in [5.74, 6) is 2.42. The smallest absolute Gasteiger partial charge is 0.335 e. The molecular weight excluding hydrogens is 615 g/mol. The average molecular weight is 680 g/mol. The Balaban J connectivity index is 1.14. The van der Waals surface area contributed by atoms with Crippen molar-refractivity contribution >= 4 is 17.3 Å². The zero-order chi connectivity index (χ0) is 35.9. The number of nitrogens with zero attached hydrogens (tertiary/aromatic N) is 1. The number of hydrogen-bond acceptors (Lipinski definition) is 3. The number of rotatable bonds is 9. The summed E-state index contributed by atoms with van der Waals surface area (Å²) in [6, 6.07) is 7.59. The molecule has 1 aromatic carbocycles. The molecule has 1 N–H and O–H groups in total. The Labute approximate surface area is 303 Å². The maximum atomic E-state index is 14.6. The van der Waals surface area contributed by atoms with E-state index >= 15 is 0 Å². The van der Waals surface area contributed by atoms with Gasteiger partial charge in [-0.15, -0.1) is 0 Å². The number of benzene rings is 1. The molecule has 0 unspecified atom stereocenters. The van der Waals surface area contributed by atoms with Crippen molar-refractivity contribution in [2.24, 2.45) is 56.7 Å². The third-order valence-corrected chi connectivity index (χ3v) is 17.1. The van der Waals surface area contributed by atoms with Crippen LogP contribution in [0.1, 0.15) is 147 Å². The highest BCUT2D eigenvalue weighted by atomic mass is 16.4. The molecule has 1 aromatic rings. The Morgan fingerprint density at radius 2 is 1.64 bits per heavy atom. The van der Waals surface area contributed by atoms with Crippen LogP contribution in [-0.2, 0) is 4.79 Å². The van der Waals surface area contributed by atoms with Crippen LogP contribution in [0.4, 0.5) is 0 Å². The van der Waals surface area contributed by atoms with E-state index in [1.54, 1.807) is 12.1 Å². The minimum Gasteiger partial charge on any atom is -0.478 e. The van der Waals surface area contributed by atoms with E-state index in [1.807, 2.05) is 12.1 Å². The van der Waals surface area contributed by atoms with Crippen LogP contribution >= 0.6 is 0 Å². The number of ketones is 1. The minimum absolute atomic E-state index is 0.00345. The molecule has 9 atom stereocenters. The molecule has 0 radical (unpaired) electrons. The van der Waals surface area contributed by atoms with Gasteiger partial charge < -0.3 is 10.0 Å². The van der Waals surface area contributed by atoms with Crippen LogP contribution in [0.5, 0.6) is 0 Å². The first-order valence-corrected chi connectivity index (χ1v) is 20.3. The number of unbranched alkanes of at least 4 members (excludes halogenated alkanes) is 1. The van der Waals surface area contributed by atoms with Gasteiger partial charge in [-0.1, -0.05) is 71.6 Å². The number of aromatic carboxylic acids is 1. The van der Waals surface area contributed by atoms with Crippen molar-refractivity contribution in [2.75, 3.05) is 13.1 Å². The molecule has 1 saturated heterocycles. The van der Waals surface area contributed by atoms with Gasteiger partial charge in [0.2, 0.25) is 0 Å². The van der Waals surface area contributed by atoms with E-state index in [2.05, 4.69) is 65.7 Å². The number of carboxylic acids is 1. The third kappa shape index (κ3) is 5.18. The second-order valence-electron chi connectivity index (χ2n) is 19.3. The predicted octanol–water partition coefficient (Wildman–Crippen LogP) is 11.4. The molecule has 4 nitrogen and oxygen atoms in total. The van der Waals surface area contributed by atoms with E-state index in [1.165, 1.54) is 60.9 Å². The lowest BCUT2D eigenvalue weighted by Gasteiger charge is -2.72. The summed E-state index contributed by atoms with van der Waals surface area (Å²) in [7, 11) is 0. The summed E-state index contributed by atoms with van der Waals surface area (Å²) in [6.07, 6.45) is 18.3. The van der Waals surface area contributed by atoms with Gasteiger partial charge in [0.15, 0.2) is 0 Å². The Bertz CT molecular complexity index is 1580. The average Bonchev–Trinajstić information content (AvgIpc) is 3.67. The first-order valence-electron chi connectivity index (χ1n) is 20.3. The Morgan fingerprint density at radius 1 is 0.900 bits per heavy atom. The van der Waals surface area contributed by atoms with E-state index in [-0.39, 0.29) is 27.1 Å². The molecule has 5 fully saturated rings. The fraction of sp³-hybridized carbons (Fsp3) is 0.696. The summed E-state index contributed by atoms with van der Waals surface area (Å²) < 4.78 is 0. The van der Waals surface area contributed by atoms with Crippen LogP contribution < -0.4 is 0 Å². The van der Waals surface area contributed by atoms with Crippen molar-refractivity contribution in [3.05, 3.63) is 65.9 Å². The second-order valence-corrected chi connectivity index (χ2v) is 19.3. The summed E-state index contributed by atoms with van der Waals surface area (Å²) in [4.78, 5) is 28.6. The second kappa shape index (κ2) is 12.5. The summed E-state index contributed by atoms with van der Waals surface area (Å²) >= 11 is 0. The normalized spacial score (nSPS) is 40.3. The number of fused-ring (bicyclic) bond motifs is 7. The first-order chi connectivity index (χ1) is 23.6. The largest absolute Gasteiger partial charge is 0.478 e. The third-order valence-electron chi connectivity index (χ3n) is 17.1. The number of hydrogen-bond donors (Lipinski definition) is 1. The lowest BCUT2D eigenvalue weighted by atomic mass is 9.32. The lowest BCUT2D eigenvalue weighted by Crippen LogP contribution is -2.65. The molecule has 272 valence electrons. The van der Waals surface area contributed by atoms with Crippen LogP contribution in [-0.4, -0.2) is 34.8 Å². The predicted molar refractivity (Wildman–Crippen MR) is 205 cm³/mol. The number of Topliss-reactive ketones (excluding diaryl/α,β-unsaturated/α-hetero) is 1. The van der Waals surface area contributed by atoms with Gasteiger partial charge in [-0.05, 0) is 165 Å². The molecule has 0 aromatic heterocycles. The lowest BCUT2D eigenvalue weighted by molar-refractivity contribution is -0.224. The molecule has 6 aliphatic rings. The van der Waals surface area contributed by atoms with Gasteiger partial charge in [-0.2, -0.15) is 0 Å². The summed E-state index contributed by atoms with van der Waals surface area (Å²) in [5, 5.41) is 9.49. The van der Waals surface area contributed by atoms with Crippen LogP contribution in [0.3, 0.4) is 0 Å². The molecule has 50 heavy (non-hydrogen) atoms. The molecule has 7 rings (SSSR count). The standard InChI is InChI=1S/C46H65NO3/c1-30(2)34-20-25-46(39(48)13-9-10-28-47-29-11-12-31(47)3)27-26-44(7)36(40(34)46)18-19-38-43(6)23-21-35(32-14-16-33(17-15-32)41(49)50)42(4,5)37(43)22-24-45(38,44)8/h14-17,21,34,36-38,40H,1,3,9-13,18-20,22-29H2,2,4-8H3,(H,49,50)/t34-,36+,37-,38+,40+,43-,44+,45+,46+/m0/s1. The maximum Gasteiger partial charge on any atom is 0.335 e. The van der Waals surface area contributed by atoms with Crippen molar-refractivity contribution in [3.63, 3.8) is 0 Å². The zero-order valence-electron chi connectivity index (χ0n) is 32.2. The fourth-order valence-electron chi connectivity index (χ4n) is 14.4. The molecule has 4 saturated carbocycles. The van der Waals surface area contributed by atoms with Gasteiger partial charge in [-0.25, -0.2) is 4.79 Å². The van der Waals surface area contributed by atoms with Gasteiger partial charge >= 0.3 is 5.97 Å². The van der Waals surface area contributed by atoms with E-state index in [0.717, 1.165) is 64.5 Å². The van der Waals surface area contributed by atoms with Crippen LogP contribution in [0.2, 0.25) is 0 Å². The van der Waals surface area contributed by atoms with Crippen molar-refractivity contribution in [3.8, 4) is 0 Å². The maximum absolute atomic E-state index is 14.6. The Kier molecular flexibility index (Phi) is 8.95. The molecule has 1 heterocycles. The molecule has 1 aliphatic heterocycles. The van der Waals surface area contributed by atoms with Gasteiger partial charge in [0.05, 0.1) is 5.56 Å². The van der Waals surface area contributed by atoms with E-state index in [4.69, 9.17) is 0 Å². The highest BCUT2D eigenvalue weighted by Crippen LogP contribution is 2.78. The van der Waals surface area contributed by atoms with Gasteiger partial charge in [0.25, 0.3) is 0 Å². The first kappa shape index (κ1) is 35.8. The summed E-state index contributed by atoms with van der Waals surface area (Å²) in [6.45, 7) is 26.2. The number of carbonyl (C=O) groups excluding carboxylic acids is 1. The minimum atomic E-state index is -0.868. The van der Waals surface area contributed by atoms with Gasteiger partial charge in [-0.3, -0.25) is 4.79 Å². The van der Waals surface area contributed by atoms with Crippen molar-refractivity contribution < 1.29 is 14.7 Å². The van der Waals surface area contributed by atoms with Crippen molar-refractivity contribution in [2.45, 2.75) is 131 Å². The topological polar surface area (TPSA) is 57.6 Å². The van der Waals surface area contributed by atoms with Crippen LogP contribution in [0.25, 0.3) is 5.57 Å². The quantitative estimate of drug-likeness (QED) is 0.208. The number of carbonyl (C=O) groups is 2. The molecular formula is C46H65NO3. The number of likely N-dealkylation sites (tertiary alicyclic amines) is 1. The van der Waals surface area contributed by atoms with Crippen molar-refractivity contribution in [1.29, 1.82) is 0 Å². The monoisotopic (exact) mass is 679 g/mol. The zero-order valence-corrected chi connectivity index (χ0v) is 32.2. The van der Waals surface area contributed by atoms with Crippen molar-refractivity contribution in [1.82, 2.24) is 4.90 Å². The Morgan fingerprint density at radius 3 is 2.30 bits per heavy atom. The van der Waals surface area contributed by atoms with E-state index in [0.29, 0.717) is 40.9 Å². The fourth-order valence-corrected chi connectivity index (χ4v) is 14.4. The number of carboxylic acid groups (broad SMARTS) is 1. The van der Waals surface area contributed by atoms with E-state index < -0.39 is 5.97 Å². The molecule has 4 heteroatoms. The molecule has 5 aliphatic carbocycles. The summed E-state index contributed by atoms with van der Waals surface area (Å²) in [5.41, 5.74) is 6.03. The van der Waals surface area contributed by atoms with Crippen LogP contribution in [0.15, 0.2) is 54.8 Å². The van der Waals surface area contributed by atoms with E-state index in [9.17, 15) is 14.7 Å². The van der Waals surface area contributed by atoms with Crippen LogP contribution in [0, 0.1) is 56.7 Å². The Hall–Kier alpha value is -2.62. The molecule has 0 amide bonds. The van der Waals surface area contributed by atoms with Gasteiger partial charge in [0.1, 0.15) is 5.78 Å². The SMILES string of the molecule is C=C(C)[C@@H]1CC[C@]2(C(=O)CCCCN3CCCC3=C)CC[C@]3(C)[C@H](CC[C@@H]4[C@@]5(C)CC=C(c6ccc(C(=O)O)cc6)C(C)(C)[C@@H]5CC[C@]43C)[C@@H]12. The molecule has 0 spiro atoms. The van der Waals surface area contributed by atoms with Gasteiger partial charge in [0, 0.05) is 30.6 Å².